The van der Waals surface area contributed by atoms with Gasteiger partial charge < -0.3 is 9.80 Å². The fraction of sp³-hybridized carbons (Fsp3) is 0.250. The Morgan fingerprint density at radius 1 is 1.09 bits per heavy atom. The minimum absolute atomic E-state index is 0.0342. The van der Waals surface area contributed by atoms with Gasteiger partial charge in [-0.05, 0) is 24.3 Å². The number of amides is 1. The van der Waals surface area contributed by atoms with E-state index in [4.69, 9.17) is 5.26 Å². The Kier molecular flexibility index (Phi) is 3.97. The van der Waals surface area contributed by atoms with Crippen LogP contribution in [0.3, 0.4) is 0 Å². The zero-order chi connectivity index (χ0) is 15.4. The van der Waals surface area contributed by atoms with Crippen LogP contribution < -0.4 is 4.90 Å². The Morgan fingerprint density at radius 2 is 1.91 bits per heavy atom. The predicted octanol–water partition coefficient (Wildman–Crippen LogP) is 1.31. The van der Waals surface area contributed by atoms with Crippen LogP contribution in [0.2, 0.25) is 0 Å². The van der Waals surface area contributed by atoms with Crippen molar-refractivity contribution in [2.24, 2.45) is 0 Å². The molecule has 2 aromatic rings. The van der Waals surface area contributed by atoms with Gasteiger partial charge in [0.15, 0.2) is 0 Å². The van der Waals surface area contributed by atoms with Crippen molar-refractivity contribution >= 4 is 11.7 Å². The molecule has 6 heteroatoms. The first-order valence-electron chi connectivity index (χ1n) is 7.09. The van der Waals surface area contributed by atoms with Crippen LogP contribution in [0.1, 0.15) is 16.1 Å². The number of hydrogen-bond acceptors (Lipinski definition) is 5. The second-order valence-corrected chi connectivity index (χ2v) is 5.01. The van der Waals surface area contributed by atoms with Crippen molar-refractivity contribution in [1.82, 2.24) is 14.9 Å². The van der Waals surface area contributed by atoms with Gasteiger partial charge in [-0.2, -0.15) is 5.26 Å². The summed E-state index contributed by atoms with van der Waals surface area (Å²) in [5.74, 6) is 0.803. The number of nitrogens with zero attached hydrogens (tertiary/aromatic N) is 5. The fourth-order valence-electron chi connectivity index (χ4n) is 2.43. The Morgan fingerprint density at radius 3 is 2.50 bits per heavy atom. The molecule has 0 radical (unpaired) electrons. The highest BCUT2D eigenvalue weighted by atomic mass is 16.2. The minimum Gasteiger partial charge on any atom is -0.353 e. The van der Waals surface area contributed by atoms with Gasteiger partial charge in [-0.3, -0.25) is 9.78 Å². The van der Waals surface area contributed by atoms with E-state index in [2.05, 4.69) is 20.9 Å². The summed E-state index contributed by atoms with van der Waals surface area (Å²) < 4.78 is 0. The maximum atomic E-state index is 12.3. The SMILES string of the molecule is N#Cc1ccc(N2CCN(C(=O)c3ccccn3)CC2)nc1. The average molecular weight is 293 g/mol. The maximum absolute atomic E-state index is 12.3. The van der Waals surface area contributed by atoms with Crippen LogP contribution in [0.5, 0.6) is 0 Å². The topological polar surface area (TPSA) is 73.1 Å². The van der Waals surface area contributed by atoms with E-state index < -0.39 is 0 Å². The van der Waals surface area contributed by atoms with Gasteiger partial charge in [0.05, 0.1) is 5.56 Å². The van der Waals surface area contributed by atoms with Gasteiger partial charge in [-0.15, -0.1) is 0 Å². The highest BCUT2D eigenvalue weighted by molar-refractivity contribution is 5.92. The van der Waals surface area contributed by atoms with E-state index in [9.17, 15) is 4.79 Å². The second kappa shape index (κ2) is 6.22. The lowest BCUT2D eigenvalue weighted by molar-refractivity contribution is 0.0740. The first kappa shape index (κ1) is 14.0. The fourth-order valence-corrected chi connectivity index (χ4v) is 2.43. The van der Waals surface area contributed by atoms with Crippen LogP contribution in [0.25, 0.3) is 0 Å². The van der Waals surface area contributed by atoms with E-state index in [0.29, 0.717) is 24.3 Å². The summed E-state index contributed by atoms with van der Waals surface area (Å²) in [7, 11) is 0. The van der Waals surface area contributed by atoms with Crippen molar-refractivity contribution in [3.63, 3.8) is 0 Å². The number of anilines is 1. The molecule has 0 atom stereocenters. The van der Waals surface area contributed by atoms with E-state index >= 15 is 0 Å². The van der Waals surface area contributed by atoms with Crippen LogP contribution in [0, 0.1) is 11.3 Å². The number of hydrogen-bond donors (Lipinski definition) is 0. The van der Waals surface area contributed by atoms with E-state index in [-0.39, 0.29) is 5.91 Å². The van der Waals surface area contributed by atoms with Crippen molar-refractivity contribution in [2.45, 2.75) is 0 Å². The summed E-state index contributed by atoms with van der Waals surface area (Å²) in [6, 6.07) is 11.0. The van der Waals surface area contributed by atoms with Crippen LogP contribution in [0.4, 0.5) is 5.82 Å². The third-order valence-corrected chi connectivity index (χ3v) is 3.65. The number of piperazine rings is 1. The summed E-state index contributed by atoms with van der Waals surface area (Å²) in [5, 5.41) is 8.79. The number of rotatable bonds is 2. The Bertz CT molecular complexity index is 685. The molecule has 0 N–H and O–H groups in total. The van der Waals surface area contributed by atoms with Crippen LogP contribution in [0.15, 0.2) is 42.7 Å². The lowest BCUT2D eigenvalue weighted by Gasteiger charge is -2.35. The highest BCUT2D eigenvalue weighted by Crippen LogP contribution is 2.15. The Hall–Kier alpha value is -2.94. The summed E-state index contributed by atoms with van der Waals surface area (Å²) in [4.78, 5) is 24.6. The molecular formula is C16H15N5O. The number of aromatic nitrogens is 2. The second-order valence-electron chi connectivity index (χ2n) is 5.01. The quantitative estimate of drug-likeness (QED) is 0.834. The van der Waals surface area contributed by atoms with E-state index in [1.54, 1.807) is 30.6 Å². The first-order chi connectivity index (χ1) is 10.8. The van der Waals surface area contributed by atoms with Gasteiger partial charge in [0.1, 0.15) is 17.6 Å². The van der Waals surface area contributed by atoms with Gasteiger partial charge in [-0.1, -0.05) is 6.07 Å². The third kappa shape index (κ3) is 2.88. The number of pyridine rings is 2. The van der Waals surface area contributed by atoms with Crippen LogP contribution in [-0.4, -0.2) is 47.0 Å². The zero-order valence-corrected chi connectivity index (χ0v) is 12.0. The van der Waals surface area contributed by atoms with Crippen LogP contribution in [-0.2, 0) is 0 Å². The number of carbonyl (C=O) groups excluding carboxylic acids is 1. The number of nitriles is 1. The van der Waals surface area contributed by atoms with Gasteiger partial charge >= 0.3 is 0 Å². The van der Waals surface area contributed by atoms with Gasteiger partial charge in [-0.25, -0.2) is 4.98 Å². The van der Waals surface area contributed by atoms with Gasteiger partial charge in [0.25, 0.3) is 5.91 Å². The van der Waals surface area contributed by atoms with Crippen molar-refractivity contribution < 1.29 is 4.79 Å². The molecule has 1 saturated heterocycles. The normalized spacial score (nSPS) is 14.5. The van der Waals surface area contributed by atoms with E-state index in [1.165, 1.54) is 0 Å². The molecule has 3 rings (SSSR count). The maximum Gasteiger partial charge on any atom is 0.272 e. The molecule has 0 bridgehead atoms. The predicted molar refractivity (Wildman–Crippen MR) is 81.3 cm³/mol. The molecular weight excluding hydrogens is 278 g/mol. The lowest BCUT2D eigenvalue weighted by Crippen LogP contribution is -2.49. The first-order valence-corrected chi connectivity index (χ1v) is 7.09. The van der Waals surface area contributed by atoms with Crippen molar-refractivity contribution in [3.8, 4) is 6.07 Å². The molecule has 110 valence electrons. The molecule has 1 aliphatic heterocycles. The van der Waals surface area contributed by atoms with Crippen molar-refractivity contribution in [3.05, 3.63) is 54.0 Å². The van der Waals surface area contributed by atoms with Crippen LogP contribution >= 0.6 is 0 Å². The molecule has 3 heterocycles. The smallest absolute Gasteiger partial charge is 0.272 e. The molecule has 1 fully saturated rings. The minimum atomic E-state index is -0.0342. The zero-order valence-electron chi connectivity index (χ0n) is 12.0. The molecule has 1 aliphatic rings. The molecule has 2 aromatic heterocycles. The van der Waals surface area contributed by atoms with Gasteiger partial charge in [0.2, 0.25) is 0 Å². The molecule has 0 unspecified atom stereocenters. The third-order valence-electron chi connectivity index (χ3n) is 3.65. The summed E-state index contributed by atoms with van der Waals surface area (Å²) in [5.41, 5.74) is 1.03. The molecule has 22 heavy (non-hydrogen) atoms. The molecule has 0 aliphatic carbocycles. The summed E-state index contributed by atoms with van der Waals surface area (Å²) >= 11 is 0. The molecule has 0 aromatic carbocycles. The molecule has 0 saturated carbocycles. The van der Waals surface area contributed by atoms with Crippen molar-refractivity contribution in [2.75, 3.05) is 31.1 Å². The average Bonchev–Trinajstić information content (AvgIpc) is 2.62. The highest BCUT2D eigenvalue weighted by Gasteiger charge is 2.23. The lowest BCUT2D eigenvalue weighted by atomic mass is 10.2. The van der Waals surface area contributed by atoms with Gasteiger partial charge in [0, 0.05) is 38.6 Å². The standard InChI is InChI=1S/C16H15N5O/c17-11-13-4-5-15(19-12-13)20-7-9-21(10-8-20)16(22)14-3-1-2-6-18-14/h1-6,12H,7-10H2. The Labute approximate surface area is 128 Å². The molecule has 1 amide bonds. The molecule has 0 spiro atoms. The largest absolute Gasteiger partial charge is 0.353 e. The van der Waals surface area contributed by atoms with E-state index in [0.717, 1.165) is 18.9 Å². The molecule has 6 nitrogen and oxygen atoms in total. The number of carbonyl (C=O) groups is 1. The monoisotopic (exact) mass is 293 g/mol. The summed E-state index contributed by atoms with van der Waals surface area (Å²) in [6.45, 7) is 2.71. The van der Waals surface area contributed by atoms with Crippen molar-refractivity contribution in [1.29, 1.82) is 5.26 Å². The van der Waals surface area contributed by atoms with E-state index in [1.807, 2.05) is 17.0 Å². The Balaban J connectivity index is 1.62. The summed E-state index contributed by atoms with van der Waals surface area (Å²) in [6.07, 6.45) is 3.20.